The molecule has 528 valence electrons. The van der Waals surface area contributed by atoms with Gasteiger partial charge < -0.3 is 33.8 Å². The Hall–Kier alpha value is -1.94. The molecule has 0 spiro atoms. The minimum absolute atomic E-state index is 0.105. The monoisotopic (exact) mass is 1310 g/mol. The van der Waals surface area contributed by atoms with Crippen molar-refractivity contribution >= 4 is 39.5 Å². The van der Waals surface area contributed by atoms with Crippen LogP contribution in [0, 0.1) is 5.92 Å². The zero-order valence-electron chi connectivity index (χ0n) is 57.6. The number of hydrogen-bond donors (Lipinski definition) is 3. The van der Waals surface area contributed by atoms with E-state index < -0.39 is 97.5 Å². The first-order chi connectivity index (χ1) is 43.0. The van der Waals surface area contributed by atoms with Gasteiger partial charge >= 0.3 is 39.5 Å². The van der Waals surface area contributed by atoms with Gasteiger partial charge in [0.25, 0.3) is 0 Å². The smallest absolute Gasteiger partial charge is 0.462 e. The molecule has 0 aliphatic rings. The summed E-state index contributed by atoms with van der Waals surface area (Å²) >= 11 is 0. The van der Waals surface area contributed by atoms with Gasteiger partial charge in [0, 0.05) is 25.7 Å². The van der Waals surface area contributed by atoms with Crippen molar-refractivity contribution in [1.82, 2.24) is 0 Å². The highest BCUT2D eigenvalue weighted by Gasteiger charge is 2.30. The zero-order valence-corrected chi connectivity index (χ0v) is 59.4. The lowest BCUT2D eigenvalue weighted by Crippen LogP contribution is -2.30. The lowest BCUT2D eigenvalue weighted by atomic mass is 10.0. The highest BCUT2D eigenvalue weighted by atomic mass is 31.2. The molecule has 0 bridgehead atoms. The fourth-order valence-corrected chi connectivity index (χ4v) is 12.2. The van der Waals surface area contributed by atoms with Gasteiger partial charge in [0.2, 0.25) is 0 Å². The molecule has 0 rings (SSSR count). The molecule has 17 nitrogen and oxygen atoms in total. The third-order valence-corrected chi connectivity index (χ3v) is 18.2. The number of phosphoric ester groups is 2. The first kappa shape index (κ1) is 87.1. The van der Waals surface area contributed by atoms with Crippen molar-refractivity contribution < 1.29 is 80.2 Å². The van der Waals surface area contributed by atoms with E-state index in [4.69, 9.17) is 37.0 Å². The molecule has 0 aromatic carbocycles. The van der Waals surface area contributed by atoms with E-state index in [1.54, 1.807) is 0 Å². The SMILES string of the molecule is CCCCCCCCCCCCCCCCCCCCC(=O)O[C@H](COC(=O)CCCCCCCCCCCCCC)COP(=O)(O)OC[C@@H](O)COP(=O)(O)OC[C@@H](COC(=O)CCCCCCCCCC)OC(=O)CCCCCCCCCCC(C)C. The van der Waals surface area contributed by atoms with Gasteiger partial charge in [0.15, 0.2) is 12.2 Å². The quantitative estimate of drug-likeness (QED) is 0.0222. The molecule has 2 unspecified atom stereocenters. The number of carbonyl (C=O) groups is 4. The fourth-order valence-electron chi connectivity index (χ4n) is 10.6. The lowest BCUT2D eigenvalue weighted by Gasteiger charge is -2.21. The number of aliphatic hydroxyl groups is 1. The van der Waals surface area contributed by atoms with Crippen molar-refractivity contribution in [3.8, 4) is 0 Å². The highest BCUT2D eigenvalue weighted by molar-refractivity contribution is 7.47. The summed E-state index contributed by atoms with van der Waals surface area (Å²) in [6, 6.07) is 0. The Kier molecular flexibility index (Phi) is 62.1. The average molecular weight is 1310 g/mol. The van der Waals surface area contributed by atoms with E-state index in [-0.39, 0.29) is 25.7 Å². The second kappa shape index (κ2) is 63.5. The van der Waals surface area contributed by atoms with E-state index in [1.165, 1.54) is 180 Å². The Morgan fingerprint density at radius 1 is 0.303 bits per heavy atom. The predicted octanol–water partition coefficient (Wildman–Crippen LogP) is 20.1. The van der Waals surface area contributed by atoms with Crippen molar-refractivity contribution in [1.29, 1.82) is 0 Å². The van der Waals surface area contributed by atoms with Gasteiger partial charge in [-0.3, -0.25) is 37.3 Å². The van der Waals surface area contributed by atoms with Crippen LogP contribution in [-0.4, -0.2) is 96.7 Å². The Morgan fingerprint density at radius 2 is 0.517 bits per heavy atom. The van der Waals surface area contributed by atoms with Gasteiger partial charge in [-0.15, -0.1) is 0 Å². The maximum Gasteiger partial charge on any atom is 0.472 e. The van der Waals surface area contributed by atoms with Crippen molar-refractivity contribution in [3.05, 3.63) is 0 Å². The number of carbonyl (C=O) groups excluding carboxylic acids is 4. The highest BCUT2D eigenvalue weighted by Crippen LogP contribution is 2.45. The third-order valence-electron chi connectivity index (χ3n) is 16.3. The number of unbranched alkanes of at least 4 members (excludes halogenated alkanes) is 42. The van der Waals surface area contributed by atoms with Gasteiger partial charge in [0.05, 0.1) is 26.4 Å². The molecule has 3 N–H and O–H groups in total. The molecule has 0 aliphatic carbocycles. The van der Waals surface area contributed by atoms with Crippen LogP contribution < -0.4 is 0 Å². The lowest BCUT2D eigenvalue weighted by molar-refractivity contribution is -0.161. The van der Waals surface area contributed by atoms with Crippen LogP contribution in [0.4, 0.5) is 0 Å². The first-order valence-electron chi connectivity index (χ1n) is 36.6. The first-order valence-corrected chi connectivity index (χ1v) is 39.6. The van der Waals surface area contributed by atoms with Crippen LogP contribution in [-0.2, 0) is 65.4 Å². The normalized spacial score (nSPS) is 14.1. The topological polar surface area (TPSA) is 237 Å². The summed E-state index contributed by atoms with van der Waals surface area (Å²) in [5, 5.41) is 10.6. The second-order valence-corrected chi connectivity index (χ2v) is 28.7. The molecule has 0 aromatic heterocycles. The largest absolute Gasteiger partial charge is 0.472 e. The molecule has 0 aromatic rings. The predicted molar refractivity (Wildman–Crippen MR) is 358 cm³/mol. The molecule has 0 heterocycles. The average Bonchev–Trinajstić information content (AvgIpc) is 3.54. The molecule has 19 heteroatoms. The van der Waals surface area contributed by atoms with E-state index in [0.717, 1.165) is 102 Å². The van der Waals surface area contributed by atoms with Gasteiger partial charge in [-0.05, 0) is 31.6 Å². The summed E-state index contributed by atoms with van der Waals surface area (Å²) in [4.78, 5) is 72.4. The minimum Gasteiger partial charge on any atom is -0.462 e. The number of phosphoric acid groups is 2. The van der Waals surface area contributed by atoms with Crippen LogP contribution in [0.25, 0.3) is 0 Å². The van der Waals surface area contributed by atoms with E-state index in [1.807, 2.05) is 0 Å². The molecular weight excluding hydrogens is 1170 g/mol. The molecule has 0 amide bonds. The number of rotatable bonds is 70. The summed E-state index contributed by atoms with van der Waals surface area (Å²) in [5.41, 5.74) is 0. The number of aliphatic hydroxyl groups excluding tert-OH is 1. The summed E-state index contributed by atoms with van der Waals surface area (Å²) in [6.07, 6.45) is 50.0. The molecule has 0 saturated carbocycles. The standard InChI is InChI=1S/C70H136O17P2/c1-6-9-12-15-18-21-23-25-26-27-28-29-30-32-34-40-45-50-55-69(74)86-66(60-81-68(73)54-49-44-39-33-31-24-22-19-16-13-10-7-2)62-85-89(78,79)83-58-64(71)57-82-88(76,77)84-61-65(59-80-67(72)53-48-43-38-20-17-14-11-8-3)87-70(75)56-51-46-41-36-35-37-42-47-52-63(4)5/h63-66,71H,6-62H2,1-5H3,(H,76,77)(H,78,79)/t64-,65+,66+/m0/s1. The van der Waals surface area contributed by atoms with Crippen molar-refractivity contribution in [3.63, 3.8) is 0 Å². The summed E-state index contributed by atoms with van der Waals surface area (Å²) in [6.45, 7) is 7.18. The molecule has 0 fully saturated rings. The van der Waals surface area contributed by atoms with E-state index in [0.29, 0.717) is 25.7 Å². The number of hydrogen-bond acceptors (Lipinski definition) is 15. The van der Waals surface area contributed by atoms with Crippen LogP contribution in [0.15, 0.2) is 0 Å². The Morgan fingerprint density at radius 3 is 0.764 bits per heavy atom. The van der Waals surface area contributed by atoms with Crippen molar-refractivity contribution in [2.24, 2.45) is 5.92 Å². The summed E-state index contributed by atoms with van der Waals surface area (Å²) in [7, 11) is -9.89. The van der Waals surface area contributed by atoms with Crippen molar-refractivity contribution in [2.75, 3.05) is 39.6 Å². The summed E-state index contributed by atoms with van der Waals surface area (Å²) in [5.74, 6) is -1.41. The molecular formula is C70H136O17P2. The van der Waals surface area contributed by atoms with Crippen LogP contribution >= 0.6 is 15.6 Å². The van der Waals surface area contributed by atoms with Crippen LogP contribution in [0.2, 0.25) is 0 Å². The minimum atomic E-state index is -4.95. The van der Waals surface area contributed by atoms with E-state index in [2.05, 4.69) is 34.6 Å². The maximum atomic E-state index is 13.0. The van der Waals surface area contributed by atoms with Crippen LogP contribution in [0.3, 0.4) is 0 Å². The molecule has 5 atom stereocenters. The zero-order chi connectivity index (χ0) is 65.6. The molecule has 0 radical (unpaired) electrons. The fraction of sp³-hybridized carbons (Fsp3) is 0.943. The Balaban J connectivity index is 5.20. The Labute approximate surface area is 543 Å². The van der Waals surface area contributed by atoms with Crippen LogP contribution in [0.5, 0.6) is 0 Å². The van der Waals surface area contributed by atoms with Crippen LogP contribution in [0.1, 0.15) is 362 Å². The second-order valence-electron chi connectivity index (χ2n) is 25.7. The van der Waals surface area contributed by atoms with Crippen molar-refractivity contribution in [2.45, 2.75) is 380 Å². The van der Waals surface area contributed by atoms with Gasteiger partial charge in [-0.25, -0.2) is 9.13 Å². The molecule has 0 saturated heterocycles. The molecule has 0 aliphatic heterocycles. The number of ether oxygens (including phenoxy) is 4. The van der Waals surface area contributed by atoms with E-state index in [9.17, 15) is 43.2 Å². The van der Waals surface area contributed by atoms with Gasteiger partial charge in [-0.2, -0.15) is 0 Å². The Bertz CT molecular complexity index is 1720. The van der Waals surface area contributed by atoms with E-state index >= 15 is 0 Å². The maximum absolute atomic E-state index is 13.0. The summed E-state index contributed by atoms with van der Waals surface area (Å²) < 4.78 is 68.2. The third kappa shape index (κ3) is 64.6. The molecule has 89 heavy (non-hydrogen) atoms. The van der Waals surface area contributed by atoms with Gasteiger partial charge in [-0.1, -0.05) is 311 Å². The van der Waals surface area contributed by atoms with Gasteiger partial charge in [0.1, 0.15) is 19.3 Å². The number of esters is 4.